The maximum Gasteiger partial charge on any atom is 0.221 e. The molecule has 0 aromatic carbocycles. The van der Waals surface area contributed by atoms with Crippen LogP contribution in [0.25, 0.3) is 0 Å². The third-order valence-corrected chi connectivity index (χ3v) is 2.44. The van der Waals surface area contributed by atoms with Crippen LogP contribution in [-0.2, 0) is 4.79 Å². The lowest BCUT2D eigenvalue weighted by atomic mass is 10.3. The van der Waals surface area contributed by atoms with Gasteiger partial charge in [-0.2, -0.15) is 0 Å². The lowest BCUT2D eigenvalue weighted by Gasteiger charge is -2.18. The van der Waals surface area contributed by atoms with Crippen molar-refractivity contribution in [2.24, 2.45) is 0 Å². The third kappa shape index (κ3) is 4.30. The van der Waals surface area contributed by atoms with Gasteiger partial charge in [-0.05, 0) is 19.1 Å². The van der Waals surface area contributed by atoms with Crippen molar-refractivity contribution in [3.63, 3.8) is 0 Å². The van der Waals surface area contributed by atoms with Crippen molar-refractivity contribution >= 4 is 17.5 Å². The number of carbonyl (C=O) groups is 1. The normalized spacial score (nSPS) is 9.82. The van der Waals surface area contributed by atoms with Crippen molar-refractivity contribution in [3.05, 3.63) is 18.2 Å². The van der Waals surface area contributed by atoms with Gasteiger partial charge in [-0.3, -0.25) is 4.79 Å². The molecule has 0 spiro atoms. The predicted molar refractivity (Wildman–Crippen MR) is 70.4 cm³/mol. The van der Waals surface area contributed by atoms with E-state index in [1.807, 2.05) is 37.1 Å². The van der Waals surface area contributed by atoms with Gasteiger partial charge in [0.2, 0.25) is 5.91 Å². The fourth-order valence-electron chi connectivity index (χ4n) is 1.42. The molecule has 1 amide bonds. The van der Waals surface area contributed by atoms with E-state index in [0.29, 0.717) is 13.0 Å². The number of hydrogen-bond donors (Lipinski definition) is 2. The number of nitrogens with one attached hydrogen (secondary N) is 2. The highest BCUT2D eigenvalue weighted by atomic mass is 16.1. The van der Waals surface area contributed by atoms with Gasteiger partial charge in [0, 0.05) is 33.6 Å². The Morgan fingerprint density at radius 3 is 2.88 bits per heavy atom. The monoisotopic (exact) mass is 236 g/mol. The topological polar surface area (TPSA) is 57.3 Å². The number of pyridine rings is 1. The van der Waals surface area contributed by atoms with E-state index in [0.717, 1.165) is 18.2 Å². The average molecular weight is 236 g/mol. The predicted octanol–water partition coefficient (Wildman–Crippen LogP) is 1.09. The molecule has 1 aromatic rings. The Labute approximate surface area is 102 Å². The summed E-state index contributed by atoms with van der Waals surface area (Å²) < 4.78 is 0. The molecule has 5 heteroatoms. The lowest BCUT2D eigenvalue weighted by Crippen LogP contribution is -2.26. The van der Waals surface area contributed by atoms with Gasteiger partial charge in [0.1, 0.15) is 11.6 Å². The van der Waals surface area contributed by atoms with E-state index in [-0.39, 0.29) is 5.91 Å². The van der Waals surface area contributed by atoms with E-state index in [2.05, 4.69) is 15.6 Å². The number of aromatic nitrogens is 1. The summed E-state index contributed by atoms with van der Waals surface area (Å²) in [6.45, 7) is 3.53. The maximum absolute atomic E-state index is 11.1. The minimum atomic E-state index is 0.0414. The van der Waals surface area contributed by atoms with Gasteiger partial charge in [0.15, 0.2) is 0 Å². The zero-order valence-corrected chi connectivity index (χ0v) is 10.7. The fraction of sp³-hybridized carbons (Fsp3) is 0.500. The van der Waals surface area contributed by atoms with Crippen molar-refractivity contribution in [2.45, 2.75) is 13.3 Å². The number of hydrogen-bond acceptors (Lipinski definition) is 4. The first-order valence-corrected chi connectivity index (χ1v) is 5.80. The number of nitrogens with zero attached hydrogens (tertiary/aromatic N) is 2. The molecular weight excluding hydrogens is 216 g/mol. The molecule has 0 aliphatic heterocycles. The van der Waals surface area contributed by atoms with Crippen LogP contribution in [-0.4, -0.2) is 38.1 Å². The minimum absolute atomic E-state index is 0.0414. The van der Waals surface area contributed by atoms with Gasteiger partial charge in [0.05, 0.1) is 0 Å². The van der Waals surface area contributed by atoms with Crippen LogP contribution in [0.2, 0.25) is 0 Å². The molecule has 2 N–H and O–H groups in total. The van der Waals surface area contributed by atoms with Gasteiger partial charge >= 0.3 is 0 Å². The second-order valence-electron chi connectivity index (χ2n) is 3.76. The maximum atomic E-state index is 11.1. The van der Waals surface area contributed by atoms with E-state index in [4.69, 9.17) is 0 Å². The Morgan fingerprint density at radius 1 is 1.47 bits per heavy atom. The smallest absolute Gasteiger partial charge is 0.221 e. The molecule has 0 saturated carbocycles. The van der Waals surface area contributed by atoms with Crippen LogP contribution < -0.4 is 15.5 Å². The lowest BCUT2D eigenvalue weighted by molar-refractivity contribution is -0.120. The Bertz CT molecular complexity index is 367. The van der Waals surface area contributed by atoms with Crippen molar-refractivity contribution in [1.82, 2.24) is 10.3 Å². The van der Waals surface area contributed by atoms with Gasteiger partial charge in [-0.25, -0.2) is 4.98 Å². The van der Waals surface area contributed by atoms with E-state index in [1.165, 1.54) is 0 Å². The van der Waals surface area contributed by atoms with E-state index >= 15 is 0 Å². The van der Waals surface area contributed by atoms with Crippen molar-refractivity contribution in [1.29, 1.82) is 0 Å². The number of carbonyl (C=O) groups excluding carboxylic acids is 1. The quantitative estimate of drug-likeness (QED) is 0.776. The van der Waals surface area contributed by atoms with Gasteiger partial charge < -0.3 is 15.5 Å². The first-order chi connectivity index (χ1) is 8.17. The summed E-state index contributed by atoms with van der Waals surface area (Å²) in [5, 5.41) is 5.77. The summed E-state index contributed by atoms with van der Waals surface area (Å²) >= 11 is 0. The van der Waals surface area contributed by atoms with Gasteiger partial charge in [-0.1, -0.05) is 6.07 Å². The van der Waals surface area contributed by atoms with Crippen LogP contribution in [0.15, 0.2) is 18.2 Å². The number of amides is 1. The standard InChI is InChI=1S/C12H20N4O/c1-4-14-10-6-5-7-11(15-10)16(3)9-8-12(17)13-2/h5-7H,4,8-9H2,1-3H3,(H,13,17)(H,14,15). The van der Waals surface area contributed by atoms with E-state index in [9.17, 15) is 4.79 Å². The summed E-state index contributed by atoms with van der Waals surface area (Å²) in [6, 6.07) is 5.82. The SMILES string of the molecule is CCNc1cccc(N(C)CCC(=O)NC)n1. The molecule has 17 heavy (non-hydrogen) atoms. The van der Waals surface area contributed by atoms with Gasteiger partial charge in [0.25, 0.3) is 0 Å². The molecule has 0 bridgehead atoms. The largest absolute Gasteiger partial charge is 0.370 e. The molecule has 1 aromatic heterocycles. The van der Waals surface area contributed by atoms with Gasteiger partial charge in [-0.15, -0.1) is 0 Å². The zero-order valence-electron chi connectivity index (χ0n) is 10.7. The molecule has 1 rings (SSSR count). The van der Waals surface area contributed by atoms with Crippen molar-refractivity contribution in [3.8, 4) is 0 Å². The highest BCUT2D eigenvalue weighted by molar-refractivity contribution is 5.76. The number of anilines is 2. The molecule has 0 aliphatic rings. The summed E-state index contributed by atoms with van der Waals surface area (Å²) in [6.07, 6.45) is 0.472. The van der Waals surface area contributed by atoms with E-state index < -0.39 is 0 Å². The Kier molecular flexibility index (Phi) is 5.26. The first-order valence-electron chi connectivity index (χ1n) is 5.80. The first kappa shape index (κ1) is 13.3. The highest BCUT2D eigenvalue weighted by Gasteiger charge is 2.05. The molecule has 0 unspecified atom stereocenters. The Balaban J connectivity index is 2.58. The van der Waals surface area contributed by atoms with Crippen LogP contribution in [0.4, 0.5) is 11.6 Å². The van der Waals surface area contributed by atoms with Crippen molar-refractivity contribution in [2.75, 3.05) is 37.4 Å². The van der Waals surface area contributed by atoms with Crippen LogP contribution >= 0.6 is 0 Å². The average Bonchev–Trinajstić information content (AvgIpc) is 2.36. The molecule has 1 heterocycles. The third-order valence-electron chi connectivity index (χ3n) is 2.44. The summed E-state index contributed by atoms with van der Waals surface area (Å²) in [7, 11) is 3.58. The summed E-state index contributed by atoms with van der Waals surface area (Å²) in [4.78, 5) is 17.6. The molecule has 0 saturated heterocycles. The summed E-state index contributed by atoms with van der Waals surface area (Å²) in [5.41, 5.74) is 0. The molecule has 0 atom stereocenters. The minimum Gasteiger partial charge on any atom is -0.370 e. The number of rotatable bonds is 6. The molecule has 5 nitrogen and oxygen atoms in total. The second-order valence-corrected chi connectivity index (χ2v) is 3.76. The second kappa shape index (κ2) is 6.73. The van der Waals surface area contributed by atoms with Crippen LogP contribution in [0.5, 0.6) is 0 Å². The van der Waals surface area contributed by atoms with E-state index in [1.54, 1.807) is 7.05 Å². The van der Waals surface area contributed by atoms with Crippen LogP contribution in [0, 0.1) is 0 Å². The highest BCUT2D eigenvalue weighted by Crippen LogP contribution is 2.12. The molecule has 0 fully saturated rings. The van der Waals surface area contributed by atoms with Crippen LogP contribution in [0.1, 0.15) is 13.3 Å². The molecular formula is C12H20N4O. The Morgan fingerprint density at radius 2 is 2.24 bits per heavy atom. The van der Waals surface area contributed by atoms with Crippen molar-refractivity contribution < 1.29 is 4.79 Å². The fourth-order valence-corrected chi connectivity index (χ4v) is 1.42. The summed E-state index contributed by atoms with van der Waals surface area (Å²) in [5.74, 6) is 1.77. The molecule has 94 valence electrons. The molecule has 0 radical (unpaired) electrons. The molecule has 0 aliphatic carbocycles. The van der Waals surface area contributed by atoms with Crippen LogP contribution in [0.3, 0.4) is 0 Å². The Hall–Kier alpha value is -1.78. The zero-order chi connectivity index (χ0) is 12.7.